The third-order valence-corrected chi connectivity index (χ3v) is 4.97. The average Bonchev–Trinajstić information content (AvgIpc) is 2.97. The number of ether oxygens (including phenoxy) is 2. The Bertz CT molecular complexity index is 946. The van der Waals surface area contributed by atoms with Crippen molar-refractivity contribution in [3.05, 3.63) is 18.0 Å². The number of nitrogens with one attached hydrogen (secondary N) is 2. The van der Waals surface area contributed by atoms with Crippen LogP contribution in [0.15, 0.2) is 12.3 Å². The summed E-state index contributed by atoms with van der Waals surface area (Å²) in [7, 11) is 2.74. The highest BCUT2D eigenvalue weighted by Gasteiger charge is 2.26. The molecule has 0 saturated heterocycles. The zero-order chi connectivity index (χ0) is 24.1. The Hall–Kier alpha value is -2.65. The standard InChI is InChI=1S/C23H36N4O5/c1-14(2)8-9-27-20(22(29)32-7)19(26-18(28)13-31-6)17-10-16(12-24-21(17)27)25-15(3)11-23(4,5)30/h10,12,14-15,25,30H,8-9,11,13H2,1-7H3,(H,26,28). The van der Waals surface area contributed by atoms with Crippen LogP contribution in [-0.2, 0) is 20.8 Å². The maximum Gasteiger partial charge on any atom is 0.356 e. The number of rotatable bonds is 11. The zero-order valence-electron chi connectivity index (χ0n) is 20.1. The van der Waals surface area contributed by atoms with E-state index in [0.717, 1.165) is 6.42 Å². The molecule has 2 rings (SSSR count). The molecule has 1 atom stereocenters. The summed E-state index contributed by atoms with van der Waals surface area (Å²) in [4.78, 5) is 29.7. The number of aryl methyl sites for hydroxylation is 1. The van der Waals surface area contributed by atoms with Crippen LogP contribution < -0.4 is 10.6 Å². The predicted octanol–water partition coefficient (Wildman–Crippen LogP) is 3.42. The van der Waals surface area contributed by atoms with Gasteiger partial charge in [-0.1, -0.05) is 13.8 Å². The number of fused-ring (bicyclic) bond motifs is 1. The number of esters is 1. The number of carbonyl (C=O) groups is 2. The molecule has 32 heavy (non-hydrogen) atoms. The Morgan fingerprint density at radius 1 is 1.25 bits per heavy atom. The lowest BCUT2D eigenvalue weighted by Crippen LogP contribution is -2.29. The molecular formula is C23H36N4O5. The molecule has 0 fully saturated rings. The summed E-state index contributed by atoms with van der Waals surface area (Å²) in [5, 5.41) is 16.9. The van der Waals surface area contributed by atoms with E-state index in [9.17, 15) is 14.7 Å². The lowest BCUT2D eigenvalue weighted by molar-refractivity contribution is -0.119. The van der Waals surface area contributed by atoms with Crippen molar-refractivity contribution < 1.29 is 24.2 Å². The molecule has 0 aliphatic carbocycles. The number of hydrogen-bond donors (Lipinski definition) is 3. The molecule has 0 saturated carbocycles. The molecular weight excluding hydrogens is 412 g/mol. The number of aromatic nitrogens is 2. The van der Waals surface area contributed by atoms with Crippen molar-refractivity contribution >= 4 is 34.3 Å². The minimum Gasteiger partial charge on any atom is -0.464 e. The molecule has 9 nitrogen and oxygen atoms in total. The molecule has 2 heterocycles. The van der Waals surface area contributed by atoms with Gasteiger partial charge in [0.15, 0.2) is 5.69 Å². The lowest BCUT2D eigenvalue weighted by Gasteiger charge is -2.23. The molecule has 0 bridgehead atoms. The molecule has 9 heteroatoms. The summed E-state index contributed by atoms with van der Waals surface area (Å²) in [6.07, 6.45) is 3.05. The highest BCUT2D eigenvalue weighted by molar-refractivity contribution is 6.11. The number of methoxy groups -OCH3 is 2. The number of hydrogen-bond acceptors (Lipinski definition) is 7. The zero-order valence-corrected chi connectivity index (χ0v) is 20.1. The van der Waals surface area contributed by atoms with E-state index in [0.29, 0.717) is 41.3 Å². The van der Waals surface area contributed by atoms with Crippen LogP contribution in [0.1, 0.15) is 57.9 Å². The van der Waals surface area contributed by atoms with Crippen molar-refractivity contribution in [2.24, 2.45) is 5.92 Å². The second-order valence-corrected chi connectivity index (χ2v) is 9.19. The number of anilines is 2. The van der Waals surface area contributed by atoms with Crippen molar-refractivity contribution in [3.8, 4) is 0 Å². The fourth-order valence-corrected chi connectivity index (χ4v) is 3.74. The summed E-state index contributed by atoms with van der Waals surface area (Å²) in [5.41, 5.74) is 1.08. The first-order valence-electron chi connectivity index (χ1n) is 10.8. The normalized spacial score (nSPS) is 12.8. The molecule has 0 aromatic carbocycles. The second kappa shape index (κ2) is 10.8. The summed E-state index contributed by atoms with van der Waals surface area (Å²) >= 11 is 0. The van der Waals surface area contributed by atoms with E-state index in [1.165, 1.54) is 14.2 Å². The van der Waals surface area contributed by atoms with E-state index >= 15 is 0 Å². The number of nitrogens with zero attached hydrogens (tertiary/aromatic N) is 2. The highest BCUT2D eigenvalue weighted by Crippen LogP contribution is 2.33. The van der Waals surface area contributed by atoms with Gasteiger partial charge in [0.05, 0.1) is 30.3 Å². The fraction of sp³-hybridized carbons (Fsp3) is 0.609. The second-order valence-electron chi connectivity index (χ2n) is 9.19. The topological polar surface area (TPSA) is 115 Å². The van der Waals surface area contributed by atoms with Gasteiger partial charge >= 0.3 is 5.97 Å². The van der Waals surface area contributed by atoms with Crippen LogP contribution in [0.4, 0.5) is 11.4 Å². The quantitative estimate of drug-likeness (QED) is 0.451. The third-order valence-electron chi connectivity index (χ3n) is 4.97. The first-order valence-corrected chi connectivity index (χ1v) is 10.8. The molecule has 0 spiro atoms. The van der Waals surface area contributed by atoms with Crippen molar-refractivity contribution in [1.82, 2.24) is 9.55 Å². The van der Waals surface area contributed by atoms with E-state index < -0.39 is 11.6 Å². The molecule has 2 aromatic heterocycles. The van der Waals surface area contributed by atoms with Crippen LogP contribution in [0.5, 0.6) is 0 Å². The third kappa shape index (κ3) is 6.67. The van der Waals surface area contributed by atoms with E-state index in [2.05, 4.69) is 29.5 Å². The first kappa shape index (κ1) is 25.6. The van der Waals surface area contributed by atoms with E-state index in [1.54, 1.807) is 24.6 Å². The molecule has 3 N–H and O–H groups in total. The molecule has 1 amide bonds. The Morgan fingerprint density at radius 3 is 2.50 bits per heavy atom. The highest BCUT2D eigenvalue weighted by atomic mass is 16.5. The van der Waals surface area contributed by atoms with Gasteiger partial charge in [-0.25, -0.2) is 9.78 Å². The number of aliphatic hydroxyl groups is 1. The fourth-order valence-electron chi connectivity index (χ4n) is 3.74. The number of pyridine rings is 1. The van der Waals surface area contributed by atoms with Crippen LogP contribution >= 0.6 is 0 Å². The molecule has 178 valence electrons. The van der Waals surface area contributed by atoms with Crippen LogP contribution in [0.2, 0.25) is 0 Å². The van der Waals surface area contributed by atoms with Crippen LogP contribution in [0.25, 0.3) is 11.0 Å². The maximum absolute atomic E-state index is 12.7. The van der Waals surface area contributed by atoms with Crippen molar-refractivity contribution in [2.45, 2.75) is 65.6 Å². The Labute approximate surface area is 189 Å². The smallest absolute Gasteiger partial charge is 0.356 e. The van der Waals surface area contributed by atoms with Gasteiger partial charge in [-0.3, -0.25) is 4.79 Å². The molecule has 1 unspecified atom stereocenters. The molecule has 0 radical (unpaired) electrons. The Kier molecular flexibility index (Phi) is 8.63. The summed E-state index contributed by atoms with van der Waals surface area (Å²) < 4.78 is 11.8. The SMILES string of the molecule is COCC(=O)Nc1c(C(=O)OC)n(CCC(C)C)c2ncc(NC(C)CC(C)(C)O)cc12. The number of amides is 1. The summed E-state index contributed by atoms with van der Waals surface area (Å²) in [6, 6.07) is 1.83. The van der Waals surface area contributed by atoms with Gasteiger partial charge in [-0.05, 0) is 45.6 Å². The molecule has 0 aliphatic heterocycles. The van der Waals surface area contributed by atoms with Crippen LogP contribution in [-0.4, -0.2) is 59.0 Å². The maximum atomic E-state index is 12.7. The van der Waals surface area contributed by atoms with Gasteiger partial charge < -0.3 is 29.8 Å². The van der Waals surface area contributed by atoms with Gasteiger partial charge in [0.25, 0.3) is 0 Å². The van der Waals surface area contributed by atoms with E-state index in [1.807, 2.05) is 13.0 Å². The molecule has 0 aliphatic rings. The van der Waals surface area contributed by atoms with E-state index in [4.69, 9.17) is 9.47 Å². The van der Waals surface area contributed by atoms with Crippen LogP contribution in [0.3, 0.4) is 0 Å². The Morgan fingerprint density at radius 2 is 1.94 bits per heavy atom. The first-order chi connectivity index (χ1) is 15.0. The van der Waals surface area contributed by atoms with Gasteiger partial charge in [-0.2, -0.15) is 0 Å². The van der Waals surface area contributed by atoms with Crippen molar-refractivity contribution in [2.75, 3.05) is 31.5 Å². The van der Waals surface area contributed by atoms with Gasteiger partial charge in [0.1, 0.15) is 12.3 Å². The van der Waals surface area contributed by atoms with Gasteiger partial charge in [-0.15, -0.1) is 0 Å². The molecule has 2 aromatic rings. The monoisotopic (exact) mass is 448 g/mol. The minimum atomic E-state index is -0.818. The van der Waals surface area contributed by atoms with Crippen molar-refractivity contribution in [1.29, 1.82) is 0 Å². The Balaban J connectivity index is 2.59. The summed E-state index contributed by atoms with van der Waals surface area (Å²) in [5.74, 6) is -0.521. The van der Waals surface area contributed by atoms with Crippen LogP contribution in [0, 0.1) is 5.92 Å². The van der Waals surface area contributed by atoms with Crippen molar-refractivity contribution in [3.63, 3.8) is 0 Å². The van der Waals surface area contributed by atoms with E-state index in [-0.39, 0.29) is 24.2 Å². The van der Waals surface area contributed by atoms with Gasteiger partial charge in [0.2, 0.25) is 5.91 Å². The predicted molar refractivity (Wildman–Crippen MR) is 125 cm³/mol. The minimum absolute atomic E-state index is 0.0242. The lowest BCUT2D eigenvalue weighted by atomic mass is 10.0. The van der Waals surface area contributed by atoms with Gasteiger partial charge in [0, 0.05) is 25.1 Å². The number of carbonyl (C=O) groups excluding carboxylic acids is 2. The largest absolute Gasteiger partial charge is 0.464 e. The summed E-state index contributed by atoms with van der Waals surface area (Å²) in [6.45, 7) is 10.1. The average molecular weight is 449 g/mol.